The molecule has 0 amide bonds. The number of non-ortho nitro benzene ring substituents is 1. The van der Waals surface area contributed by atoms with Crippen LogP contribution in [0.5, 0.6) is 0 Å². The minimum atomic E-state index is -0.376. The molecular formula is C17H14BrN5O2. The van der Waals surface area contributed by atoms with Crippen molar-refractivity contribution in [2.24, 2.45) is 0 Å². The highest BCUT2D eigenvalue weighted by Gasteiger charge is 2.30. The molecule has 0 spiro atoms. The van der Waals surface area contributed by atoms with E-state index in [4.69, 9.17) is 0 Å². The summed E-state index contributed by atoms with van der Waals surface area (Å²) < 4.78 is 2.81. The van der Waals surface area contributed by atoms with Crippen molar-refractivity contribution in [2.45, 2.75) is 18.5 Å². The molecule has 0 radical (unpaired) electrons. The van der Waals surface area contributed by atoms with Crippen molar-refractivity contribution in [1.29, 1.82) is 0 Å². The first kappa shape index (κ1) is 15.8. The lowest BCUT2D eigenvalue weighted by molar-refractivity contribution is -0.384. The van der Waals surface area contributed by atoms with Crippen molar-refractivity contribution >= 4 is 27.6 Å². The molecule has 2 unspecified atom stereocenters. The van der Waals surface area contributed by atoms with E-state index in [0.717, 1.165) is 22.0 Å². The topological polar surface area (TPSA) is 85.9 Å². The van der Waals surface area contributed by atoms with Gasteiger partial charge in [0.2, 0.25) is 5.95 Å². The van der Waals surface area contributed by atoms with Crippen molar-refractivity contribution in [3.8, 4) is 0 Å². The van der Waals surface area contributed by atoms with Gasteiger partial charge in [0, 0.05) is 16.6 Å². The van der Waals surface area contributed by atoms with Gasteiger partial charge in [-0.1, -0.05) is 40.2 Å². The van der Waals surface area contributed by atoms with Crippen LogP contribution in [0.3, 0.4) is 0 Å². The first-order valence-corrected chi connectivity index (χ1v) is 8.57. The zero-order valence-corrected chi connectivity index (χ0v) is 14.6. The summed E-state index contributed by atoms with van der Waals surface area (Å²) in [4.78, 5) is 15.0. The van der Waals surface area contributed by atoms with Crippen molar-refractivity contribution in [2.75, 3.05) is 5.32 Å². The Kier molecular flexibility index (Phi) is 3.96. The third-order valence-corrected chi connectivity index (χ3v) is 4.90. The van der Waals surface area contributed by atoms with Gasteiger partial charge in [0.15, 0.2) is 0 Å². The number of nitro benzene ring substituents is 1. The first-order chi connectivity index (χ1) is 12.1. The van der Waals surface area contributed by atoms with Gasteiger partial charge in [-0.3, -0.25) is 10.1 Å². The fourth-order valence-corrected chi connectivity index (χ4v) is 3.42. The Morgan fingerprint density at radius 3 is 2.76 bits per heavy atom. The molecule has 2 aromatic carbocycles. The van der Waals surface area contributed by atoms with Gasteiger partial charge in [-0.15, -0.1) is 0 Å². The highest BCUT2D eigenvalue weighted by Crippen LogP contribution is 2.38. The molecule has 2 heterocycles. The monoisotopic (exact) mass is 399 g/mol. The van der Waals surface area contributed by atoms with E-state index in [1.807, 2.05) is 18.2 Å². The number of rotatable bonds is 3. The highest BCUT2D eigenvalue weighted by atomic mass is 79.9. The van der Waals surface area contributed by atoms with Crippen molar-refractivity contribution in [3.63, 3.8) is 0 Å². The van der Waals surface area contributed by atoms with Gasteiger partial charge < -0.3 is 5.32 Å². The Bertz CT molecular complexity index is 925. The predicted molar refractivity (Wildman–Crippen MR) is 96.4 cm³/mol. The van der Waals surface area contributed by atoms with Crippen LogP contribution in [0.25, 0.3) is 0 Å². The van der Waals surface area contributed by atoms with E-state index in [0.29, 0.717) is 5.95 Å². The Morgan fingerprint density at radius 1 is 1.20 bits per heavy atom. The van der Waals surface area contributed by atoms with Crippen LogP contribution in [0.15, 0.2) is 59.3 Å². The van der Waals surface area contributed by atoms with Crippen LogP contribution in [0.4, 0.5) is 11.6 Å². The summed E-state index contributed by atoms with van der Waals surface area (Å²) in [7, 11) is 0. The van der Waals surface area contributed by atoms with E-state index < -0.39 is 0 Å². The second kappa shape index (κ2) is 6.29. The van der Waals surface area contributed by atoms with E-state index in [-0.39, 0.29) is 22.7 Å². The molecule has 126 valence electrons. The Labute approximate surface area is 152 Å². The molecular weight excluding hydrogens is 386 g/mol. The molecule has 0 bridgehead atoms. The molecule has 0 saturated heterocycles. The van der Waals surface area contributed by atoms with Gasteiger partial charge in [0.05, 0.1) is 17.0 Å². The summed E-state index contributed by atoms with van der Waals surface area (Å²) in [6, 6.07) is 14.8. The molecule has 1 aliphatic heterocycles. The molecule has 1 aliphatic rings. The largest absolute Gasteiger partial charge is 0.348 e. The lowest BCUT2D eigenvalue weighted by Gasteiger charge is -2.31. The van der Waals surface area contributed by atoms with E-state index in [1.54, 1.807) is 16.8 Å². The van der Waals surface area contributed by atoms with Gasteiger partial charge >= 0.3 is 0 Å². The van der Waals surface area contributed by atoms with E-state index in [2.05, 4.69) is 43.5 Å². The summed E-state index contributed by atoms with van der Waals surface area (Å²) in [6.45, 7) is 0. The van der Waals surface area contributed by atoms with Gasteiger partial charge in [-0.2, -0.15) is 10.1 Å². The maximum absolute atomic E-state index is 11.1. The minimum Gasteiger partial charge on any atom is -0.348 e. The second-order valence-corrected chi connectivity index (χ2v) is 6.80. The zero-order valence-electron chi connectivity index (χ0n) is 13.0. The molecule has 0 aliphatic carbocycles. The van der Waals surface area contributed by atoms with Gasteiger partial charge in [-0.05, 0) is 29.7 Å². The zero-order chi connectivity index (χ0) is 17.4. The van der Waals surface area contributed by atoms with Crippen LogP contribution in [-0.4, -0.2) is 19.7 Å². The molecule has 3 aromatic rings. The quantitative estimate of drug-likeness (QED) is 0.529. The number of anilines is 1. The molecule has 1 N–H and O–H groups in total. The van der Waals surface area contributed by atoms with Gasteiger partial charge in [0.1, 0.15) is 6.33 Å². The molecule has 2 atom stereocenters. The number of nitrogens with zero attached hydrogens (tertiary/aromatic N) is 4. The number of benzene rings is 2. The molecule has 1 aromatic heterocycles. The van der Waals surface area contributed by atoms with E-state index in [1.165, 1.54) is 12.4 Å². The predicted octanol–water partition coefficient (Wildman–Crippen LogP) is 4.10. The minimum absolute atomic E-state index is 0.0501. The highest BCUT2D eigenvalue weighted by molar-refractivity contribution is 9.10. The number of halogens is 1. The van der Waals surface area contributed by atoms with Crippen molar-refractivity contribution < 1.29 is 4.92 Å². The lowest BCUT2D eigenvalue weighted by Crippen LogP contribution is -2.28. The fourth-order valence-electron chi connectivity index (χ4n) is 3.16. The molecule has 25 heavy (non-hydrogen) atoms. The fraction of sp³-hybridized carbons (Fsp3) is 0.176. The van der Waals surface area contributed by atoms with Gasteiger partial charge in [0.25, 0.3) is 5.69 Å². The summed E-state index contributed by atoms with van der Waals surface area (Å²) in [5.74, 6) is 0.663. The Hall–Kier alpha value is -2.74. The molecule has 7 nitrogen and oxygen atoms in total. The van der Waals surface area contributed by atoms with Crippen LogP contribution in [-0.2, 0) is 0 Å². The van der Waals surface area contributed by atoms with E-state index in [9.17, 15) is 10.1 Å². The third kappa shape index (κ3) is 3.00. The maximum atomic E-state index is 11.1. The van der Waals surface area contributed by atoms with Gasteiger partial charge in [-0.25, -0.2) is 4.68 Å². The van der Waals surface area contributed by atoms with Crippen LogP contribution >= 0.6 is 15.9 Å². The number of nitro groups is 1. The molecule has 0 fully saturated rings. The van der Waals surface area contributed by atoms with Crippen molar-refractivity contribution in [3.05, 3.63) is 80.6 Å². The van der Waals surface area contributed by atoms with Crippen LogP contribution < -0.4 is 5.32 Å². The standard InChI is InChI=1S/C17H14BrN5O2/c18-13-6-4-11(5-7-13)15-9-16(22-17(21-15)19-10-20-22)12-2-1-3-14(8-12)23(24)25/h1-8,10,15-16H,9H2,(H,19,20,21). The molecule has 4 rings (SSSR count). The number of hydrogen-bond donors (Lipinski definition) is 1. The number of nitrogens with one attached hydrogen (secondary N) is 1. The third-order valence-electron chi connectivity index (χ3n) is 4.37. The van der Waals surface area contributed by atoms with Crippen LogP contribution in [0.1, 0.15) is 29.6 Å². The SMILES string of the molecule is O=[N+]([O-])c1cccc(C2CC(c3ccc(Br)cc3)Nc3ncnn32)c1. The average Bonchev–Trinajstić information content (AvgIpc) is 3.10. The van der Waals surface area contributed by atoms with E-state index >= 15 is 0 Å². The first-order valence-electron chi connectivity index (χ1n) is 7.77. The average molecular weight is 400 g/mol. The normalized spacial score (nSPS) is 19.1. The number of hydrogen-bond acceptors (Lipinski definition) is 5. The molecule has 0 saturated carbocycles. The summed E-state index contributed by atoms with van der Waals surface area (Å²) in [6.07, 6.45) is 2.22. The van der Waals surface area contributed by atoms with Crippen LogP contribution in [0.2, 0.25) is 0 Å². The Balaban J connectivity index is 1.73. The summed E-state index contributed by atoms with van der Waals surface area (Å²) >= 11 is 3.45. The maximum Gasteiger partial charge on any atom is 0.269 e. The number of aromatic nitrogens is 3. The number of fused-ring (bicyclic) bond motifs is 1. The second-order valence-electron chi connectivity index (χ2n) is 5.88. The summed E-state index contributed by atoms with van der Waals surface area (Å²) in [5.41, 5.74) is 2.07. The lowest BCUT2D eigenvalue weighted by atomic mass is 9.93. The molecule has 8 heteroatoms. The summed E-state index contributed by atoms with van der Waals surface area (Å²) in [5, 5.41) is 18.8. The van der Waals surface area contributed by atoms with Crippen LogP contribution in [0, 0.1) is 10.1 Å². The Morgan fingerprint density at radius 2 is 2.00 bits per heavy atom. The smallest absolute Gasteiger partial charge is 0.269 e. The van der Waals surface area contributed by atoms with Crippen molar-refractivity contribution in [1.82, 2.24) is 14.8 Å².